The van der Waals surface area contributed by atoms with Crippen molar-refractivity contribution < 1.29 is 18.7 Å². The SMILES string of the molecule is O=C1C(=O)c2ccccc2C2=C1SCC(CN1CCN(c3ccc(F)cc3)CC1)O2. The van der Waals surface area contributed by atoms with Crippen LogP contribution in [-0.2, 0) is 9.53 Å². The van der Waals surface area contributed by atoms with Crippen LogP contribution in [0.1, 0.15) is 15.9 Å². The third-order valence-electron chi connectivity index (χ3n) is 5.76. The van der Waals surface area contributed by atoms with Crippen LogP contribution in [0.3, 0.4) is 0 Å². The number of piperazine rings is 1. The highest BCUT2D eigenvalue weighted by atomic mass is 32.2. The van der Waals surface area contributed by atoms with E-state index >= 15 is 0 Å². The lowest BCUT2D eigenvalue weighted by Gasteiger charge is -2.39. The lowest BCUT2D eigenvalue weighted by molar-refractivity contribution is -0.111. The molecule has 0 bridgehead atoms. The van der Waals surface area contributed by atoms with Gasteiger partial charge in [0.1, 0.15) is 22.6 Å². The molecule has 1 fully saturated rings. The molecule has 2 aromatic carbocycles. The number of fused-ring (bicyclic) bond motifs is 2. The Balaban J connectivity index is 1.24. The van der Waals surface area contributed by atoms with Gasteiger partial charge in [0, 0.05) is 55.3 Å². The van der Waals surface area contributed by atoms with Crippen LogP contribution >= 0.6 is 11.8 Å². The molecule has 30 heavy (non-hydrogen) atoms. The number of anilines is 1. The topological polar surface area (TPSA) is 49.9 Å². The first-order valence-electron chi connectivity index (χ1n) is 10.0. The summed E-state index contributed by atoms with van der Waals surface area (Å²) < 4.78 is 19.4. The summed E-state index contributed by atoms with van der Waals surface area (Å²) in [7, 11) is 0. The number of hydrogen-bond acceptors (Lipinski definition) is 6. The smallest absolute Gasteiger partial charge is 0.243 e. The zero-order valence-corrected chi connectivity index (χ0v) is 17.2. The van der Waals surface area contributed by atoms with Crippen molar-refractivity contribution in [1.29, 1.82) is 0 Å². The molecule has 2 aliphatic heterocycles. The van der Waals surface area contributed by atoms with Gasteiger partial charge in [-0.2, -0.15) is 0 Å². The Morgan fingerprint density at radius 1 is 0.933 bits per heavy atom. The van der Waals surface area contributed by atoms with E-state index in [-0.39, 0.29) is 11.9 Å². The zero-order chi connectivity index (χ0) is 20.7. The predicted molar refractivity (Wildman–Crippen MR) is 115 cm³/mol. The van der Waals surface area contributed by atoms with E-state index in [1.54, 1.807) is 12.1 Å². The number of carbonyl (C=O) groups excluding carboxylic acids is 2. The van der Waals surface area contributed by atoms with Crippen molar-refractivity contribution in [3.8, 4) is 0 Å². The fourth-order valence-electron chi connectivity index (χ4n) is 4.17. The number of thioether (sulfide) groups is 1. The van der Waals surface area contributed by atoms with E-state index in [2.05, 4.69) is 9.80 Å². The molecule has 1 aliphatic carbocycles. The number of halogens is 1. The van der Waals surface area contributed by atoms with Gasteiger partial charge in [-0.3, -0.25) is 14.5 Å². The molecule has 5 nitrogen and oxygen atoms in total. The Hall–Kier alpha value is -2.64. The molecule has 0 amide bonds. The van der Waals surface area contributed by atoms with Gasteiger partial charge in [0.25, 0.3) is 0 Å². The Kier molecular flexibility index (Phi) is 5.08. The van der Waals surface area contributed by atoms with Gasteiger partial charge in [-0.15, -0.1) is 11.8 Å². The average Bonchev–Trinajstić information content (AvgIpc) is 2.79. The molecule has 3 aliphatic rings. The number of ether oxygens (including phenoxy) is 1. The van der Waals surface area contributed by atoms with E-state index in [1.807, 2.05) is 24.3 Å². The average molecular weight is 424 g/mol. The molecular formula is C23H21FN2O3S. The maximum atomic E-state index is 13.1. The van der Waals surface area contributed by atoms with Crippen molar-refractivity contribution in [3.05, 3.63) is 70.4 Å². The normalized spacial score (nSPS) is 21.9. The van der Waals surface area contributed by atoms with Crippen LogP contribution in [0.4, 0.5) is 10.1 Å². The van der Waals surface area contributed by atoms with Crippen LogP contribution in [0.2, 0.25) is 0 Å². The number of carbonyl (C=O) groups is 2. The number of benzene rings is 2. The Morgan fingerprint density at radius 3 is 2.37 bits per heavy atom. The highest BCUT2D eigenvalue weighted by Crippen LogP contribution is 2.40. The van der Waals surface area contributed by atoms with Gasteiger partial charge in [-0.05, 0) is 24.3 Å². The first-order valence-corrected chi connectivity index (χ1v) is 11.0. The minimum atomic E-state index is -0.458. The van der Waals surface area contributed by atoms with Crippen molar-refractivity contribution in [2.75, 3.05) is 43.4 Å². The van der Waals surface area contributed by atoms with E-state index in [9.17, 15) is 14.0 Å². The minimum absolute atomic E-state index is 0.0415. The van der Waals surface area contributed by atoms with Gasteiger partial charge >= 0.3 is 0 Å². The number of Topliss-reactive ketones (excluding diaryl/α,β-unsaturated/α-hetero) is 2. The van der Waals surface area contributed by atoms with E-state index in [1.165, 1.54) is 23.9 Å². The number of rotatable bonds is 3. The highest BCUT2D eigenvalue weighted by Gasteiger charge is 2.38. The lowest BCUT2D eigenvalue weighted by atomic mass is 9.93. The van der Waals surface area contributed by atoms with E-state index in [0.29, 0.717) is 22.0 Å². The van der Waals surface area contributed by atoms with Crippen molar-refractivity contribution in [2.45, 2.75) is 6.10 Å². The monoisotopic (exact) mass is 424 g/mol. The van der Waals surface area contributed by atoms with Crippen molar-refractivity contribution in [3.63, 3.8) is 0 Å². The molecule has 0 N–H and O–H groups in total. The minimum Gasteiger partial charge on any atom is -0.486 e. The van der Waals surface area contributed by atoms with Crippen LogP contribution in [0.25, 0.3) is 5.76 Å². The van der Waals surface area contributed by atoms with Gasteiger partial charge in [0.15, 0.2) is 0 Å². The fraction of sp³-hybridized carbons (Fsp3) is 0.304. The first-order chi connectivity index (χ1) is 14.6. The summed E-state index contributed by atoms with van der Waals surface area (Å²) in [5, 5.41) is 0. The van der Waals surface area contributed by atoms with Crippen molar-refractivity contribution in [1.82, 2.24) is 4.90 Å². The number of hydrogen-bond donors (Lipinski definition) is 0. The molecule has 0 spiro atoms. The highest BCUT2D eigenvalue weighted by molar-refractivity contribution is 8.04. The summed E-state index contributed by atoms with van der Waals surface area (Å²) >= 11 is 1.43. The van der Waals surface area contributed by atoms with E-state index < -0.39 is 11.6 Å². The summed E-state index contributed by atoms with van der Waals surface area (Å²) in [6, 6.07) is 13.8. The molecule has 2 heterocycles. The molecule has 2 aromatic rings. The number of allylic oxidation sites excluding steroid dienone is 1. The maximum Gasteiger partial charge on any atom is 0.243 e. The number of ketones is 2. The Bertz CT molecular complexity index is 1030. The second kappa shape index (κ2) is 7.89. The summed E-state index contributed by atoms with van der Waals surface area (Å²) in [4.78, 5) is 29.9. The predicted octanol–water partition coefficient (Wildman–Crippen LogP) is 3.21. The van der Waals surface area contributed by atoms with Gasteiger partial charge in [-0.1, -0.05) is 24.3 Å². The van der Waals surface area contributed by atoms with E-state index in [0.717, 1.165) is 44.0 Å². The molecule has 0 saturated carbocycles. The molecule has 1 saturated heterocycles. The van der Waals surface area contributed by atoms with Crippen LogP contribution in [0.15, 0.2) is 53.4 Å². The first kappa shape index (κ1) is 19.3. The molecule has 0 aromatic heterocycles. The molecule has 5 rings (SSSR count). The van der Waals surface area contributed by atoms with Crippen LogP contribution in [-0.4, -0.2) is 61.0 Å². The molecule has 1 unspecified atom stereocenters. The van der Waals surface area contributed by atoms with Crippen molar-refractivity contribution >= 4 is 34.8 Å². The second-order valence-corrected chi connectivity index (χ2v) is 8.71. The third-order valence-corrected chi connectivity index (χ3v) is 6.96. The fourth-order valence-corrected chi connectivity index (χ4v) is 5.21. The lowest BCUT2D eigenvalue weighted by Crippen LogP contribution is -2.49. The molecule has 1 atom stereocenters. The Morgan fingerprint density at radius 2 is 1.63 bits per heavy atom. The van der Waals surface area contributed by atoms with Crippen LogP contribution < -0.4 is 4.90 Å². The summed E-state index contributed by atoms with van der Waals surface area (Å²) in [5.74, 6) is 0.0813. The molecular weight excluding hydrogens is 403 g/mol. The second-order valence-electron chi connectivity index (χ2n) is 7.68. The standard InChI is InChI=1S/C23H21FN2O3S/c24-15-5-7-16(8-6-15)26-11-9-25(10-12-26)13-17-14-30-23-21(28)20(27)18-3-1-2-4-19(18)22(23)29-17/h1-8,17H,9-14H2. The quantitative estimate of drug-likeness (QED) is 0.706. The molecule has 7 heteroatoms. The summed E-state index contributed by atoms with van der Waals surface area (Å²) in [6.45, 7) is 4.29. The summed E-state index contributed by atoms with van der Waals surface area (Å²) in [6.07, 6.45) is -0.0415. The van der Waals surface area contributed by atoms with Crippen molar-refractivity contribution in [2.24, 2.45) is 0 Å². The largest absolute Gasteiger partial charge is 0.486 e. The molecule has 0 radical (unpaired) electrons. The third kappa shape index (κ3) is 3.52. The zero-order valence-electron chi connectivity index (χ0n) is 16.3. The van der Waals surface area contributed by atoms with Gasteiger partial charge < -0.3 is 9.64 Å². The van der Waals surface area contributed by atoms with E-state index in [4.69, 9.17) is 4.74 Å². The molecule has 154 valence electrons. The Labute approximate surface area is 178 Å². The van der Waals surface area contributed by atoms with Crippen LogP contribution in [0, 0.1) is 5.82 Å². The number of nitrogens with zero attached hydrogens (tertiary/aromatic N) is 2. The van der Waals surface area contributed by atoms with Gasteiger partial charge in [-0.25, -0.2) is 4.39 Å². The van der Waals surface area contributed by atoms with Gasteiger partial charge in [0.05, 0.1) is 0 Å². The summed E-state index contributed by atoms with van der Waals surface area (Å²) in [5.41, 5.74) is 2.18. The van der Waals surface area contributed by atoms with Crippen LogP contribution in [0.5, 0.6) is 0 Å². The maximum absolute atomic E-state index is 13.1. The van der Waals surface area contributed by atoms with Gasteiger partial charge in [0.2, 0.25) is 11.6 Å².